The van der Waals surface area contributed by atoms with E-state index in [2.05, 4.69) is 26.2 Å². The molecular formula is C10H17BrN4O. The zero-order valence-corrected chi connectivity index (χ0v) is 11.0. The number of hydrogen-bond donors (Lipinski definition) is 1. The lowest BCUT2D eigenvalue weighted by Gasteiger charge is -2.14. The fourth-order valence-electron chi connectivity index (χ4n) is 2.11. The van der Waals surface area contributed by atoms with Gasteiger partial charge in [-0.3, -0.25) is 0 Å². The topological polar surface area (TPSA) is 66.0 Å². The van der Waals surface area contributed by atoms with Gasteiger partial charge in [0, 0.05) is 19.7 Å². The molecule has 1 aromatic rings. The highest BCUT2D eigenvalue weighted by atomic mass is 79.9. The SMILES string of the molecule is Cn1nnc(Br)c1C(N)CCC1CCCO1. The van der Waals surface area contributed by atoms with Gasteiger partial charge in [0.15, 0.2) is 4.60 Å². The Morgan fingerprint density at radius 3 is 3.06 bits per heavy atom. The molecule has 1 fully saturated rings. The van der Waals surface area contributed by atoms with Crippen LogP contribution in [-0.2, 0) is 11.8 Å². The molecule has 16 heavy (non-hydrogen) atoms. The van der Waals surface area contributed by atoms with Gasteiger partial charge < -0.3 is 10.5 Å². The summed E-state index contributed by atoms with van der Waals surface area (Å²) < 4.78 is 8.05. The second-order valence-corrected chi connectivity index (χ2v) is 4.96. The lowest BCUT2D eigenvalue weighted by Crippen LogP contribution is -2.17. The van der Waals surface area contributed by atoms with Gasteiger partial charge in [-0.2, -0.15) is 0 Å². The van der Waals surface area contributed by atoms with Crippen LogP contribution in [0.2, 0.25) is 0 Å². The Bertz CT molecular complexity index is 329. The molecule has 0 spiro atoms. The molecule has 1 aromatic heterocycles. The maximum atomic E-state index is 6.13. The van der Waals surface area contributed by atoms with Crippen molar-refractivity contribution in [3.05, 3.63) is 10.3 Å². The highest BCUT2D eigenvalue weighted by molar-refractivity contribution is 9.10. The van der Waals surface area contributed by atoms with Gasteiger partial charge in [-0.05, 0) is 41.6 Å². The summed E-state index contributed by atoms with van der Waals surface area (Å²) in [4.78, 5) is 0. The second kappa shape index (κ2) is 5.25. The molecule has 2 unspecified atom stereocenters. The summed E-state index contributed by atoms with van der Waals surface area (Å²) in [6.07, 6.45) is 4.66. The summed E-state index contributed by atoms with van der Waals surface area (Å²) >= 11 is 3.37. The Kier molecular flexibility index (Phi) is 3.94. The molecule has 1 aliphatic heterocycles. The molecule has 6 heteroatoms. The number of rotatable bonds is 4. The molecular weight excluding hydrogens is 272 g/mol. The van der Waals surface area contributed by atoms with Gasteiger partial charge in [0.25, 0.3) is 0 Å². The van der Waals surface area contributed by atoms with E-state index in [1.165, 1.54) is 6.42 Å². The zero-order valence-electron chi connectivity index (χ0n) is 9.40. The van der Waals surface area contributed by atoms with Crippen LogP contribution >= 0.6 is 15.9 Å². The Hall–Kier alpha value is -0.460. The van der Waals surface area contributed by atoms with Crippen molar-refractivity contribution in [2.24, 2.45) is 12.8 Å². The number of hydrogen-bond acceptors (Lipinski definition) is 4. The van der Waals surface area contributed by atoms with Gasteiger partial charge >= 0.3 is 0 Å². The van der Waals surface area contributed by atoms with Crippen molar-refractivity contribution in [1.82, 2.24) is 15.0 Å². The van der Waals surface area contributed by atoms with Crippen molar-refractivity contribution in [2.75, 3.05) is 6.61 Å². The third-order valence-electron chi connectivity index (χ3n) is 3.00. The van der Waals surface area contributed by atoms with Crippen molar-refractivity contribution < 1.29 is 4.74 Å². The van der Waals surface area contributed by atoms with E-state index in [9.17, 15) is 0 Å². The van der Waals surface area contributed by atoms with Crippen LogP contribution in [0.4, 0.5) is 0 Å². The molecule has 0 bridgehead atoms. The van der Waals surface area contributed by atoms with E-state index in [1.807, 2.05) is 7.05 Å². The van der Waals surface area contributed by atoms with Crippen molar-refractivity contribution in [3.8, 4) is 0 Å². The van der Waals surface area contributed by atoms with Crippen LogP contribution in [-0.4, -0.2) is 27.7 Å². The fourth-order valence-corrected chi connectivity index (χ4v) is 2.73. The summed E-state index contributed by atoms with van der Waals surface area (Å²) in [6, 6.07) is -0.0291. The zero-order chi connectivity index (χ0) is 11.5. The molecule has 0 aromatic carbocycles. The number of aryl methyl sites for hydroxylation is 1. The predicted molar refractivity (Wildman–Crippen MR) is 63.8 cm³/mol. The van der Waals surface area contributed by atoms with Crippen LogP contribution in [0.15, 0.2) is 4.60 Å². The standard InChI is InChI=1S/C10H17BrN4O/c1-15-9(10(11)13-14-15)8(12)5-4-7-3-2-6-16-7/h7-8H,2-6,12H2,1H3. The number of ether oxygens (including phenoxy) is 1. The van der Waals surface area contributed by atoms with Crippen LogP contribution in [0.3, 0.4) is 0 Å². The molecule has 0 aliphatic carbocycles. The summed E-state index contributed by atoms with van der Waals surface area (Å²) in [5, 5.41) is 7.86. The van der Waals surface area contributed by atoms with Gasteiger partial charge in [0.2, 0.25) is 0 Å². The van der Waals surface area contributed by atoms with Crippen LogP contribution in [0.1, 0.15) is 37.4 Å². The molecule has 1 aliphatic rings. The number of nitrogens with two attached hydrogens (primary N) is 1. The summed E-state index contributed by atoms with van der Waals surface area (Å²) in [5.74, 6) is 0. The smallest absolute Gasteiger partial charge is 0.153 e. The van der Waals surface area contributed by atoms with Gasteiger partial charge in [0.1, 0.15) is 0 Å². The third kappa shape index (κ3) is 2.61. The third-order valence-corrected chi connectivity index (χ3v) is 3.57. The van der Waals surface area contributed by atoms with Crippen molar-refractivity contribution in [2.45, 2.75) is 37.8 Å². The highest BCUT2D eigenvalue weighted by Gasteiger charge is 2.20. The van der Waals surface area contributed by atoms with Crippen LogP contribution in [0, 0.1) is 0 Å². The lowest BCUT2D eigenvalue weighted by molar-refractivity contribution is 0.100. The van der Waals surface area contributed by atoms with E-state index in [4.69, 9.17) is 10.5 Å². The van der Waals surface area contributed by atoms with Gasteiger partial charge in [0.05, 0.1) is 11.8 Å². The molecule has 5 nitrogen and oxygen atoms in total. The number of halogens is 1. The van der Waals surface area contributed by atoms with Crippen molar-refractivity contribution in [3.63, 3.8) is 0 Å². The Morgan fingerprint density at radius 2 is 2.50 bits per heavy atom. The number of nitrogens with zero attached hydrogens (tertiary/aromatic N) is 3. The van der Waals surface area contributed by atoms with E-state index >= 15 is 0 Å². The first-order valence-electron chi connectivity index (χ1n) is 5.60. The first-order valence-corrected chi connectivity index (χ1v) is 6.40. The summed E-state index contributed by atoms with van der Waals surface area (Å²) in [7, 11) is 1.86. The fraction of sp³-hybridized carbons (Fsp3) is 0.800. The molecule has 0 saturated carbocycles. The first-order chi connectivity index (χ1) is 7.68. The summed E-state index contributed by atoms with van der Waals surface area (Å²) in [5.41, 5.74) is 7.09. The monoisotopic (exact) mass is 288 g/mol. The van der Waals surface area contributed by atoms with E-state index in [0.29, 0.717) is 6.10 Å². The quantitative estimate of drug-likeness (QED) is 0.913. The van der Waals surface area contributed by atoms with Gasteiger partial charge in [-0.25, -0.2) is 4.68 Å². The average molecular weight is 289 g/mol. The molecule has 2 atom stereocenters. The van der Waals surface area contributed by atoms with Crippen LogP contribution in [0.25, 0.3) is 0 Å². The second-order valence-electron chi connectivity index (χ2n) is 4.21. The largest absolute Gasteiger partial charge is 0.378 e. The van der Waals surface area contributed by atoms with E-state index in [-0.39, 0.29) is 6.04 Å². The Balaban J connectivity index is 1.89. The number of aromatic nitrogens is 3. The van der Waals surface area contributed by atoms with E-state index < -0.39 is 0 Å². The molecule has 0 amide bonds. The average Bonchev–Trinajstić information content (AvgIpc) is 2.86. The maximum absolute atomic E-state index is 6.13. The Labute approximate surface area is 103 Å². The predicted octanol–water partition coefficient (Wildman–Crippen LogP) is 1.54. The minimum Gasteiger partial charge on any atom is -0.378 e. The van der Waals surface area contributed by atoms with Gasteiger partial charge in [-0.1, -0.05) is 5.21 Å². The van der Waals surface area contributed by atoms with Crippen LogP contribution < -0.4 is 5.73 Å². The van der Waals surface area contributed by atoms with E-state index in [0.717, 1.165) is 36.2 Å². The lowest BCUT2D eigenvalue weighted by atomic mass is 10.0. The van der Waals surface area contributed by atoms with Crippen molar-refractivity contribution >= 4 is 15.9 Å². The van der Waals surface area contributed by atoms with Gasteiger partial charge in [-0.15, -0.1) is 5.10 Å². The first kappa shape index (κ1) is 12.0. The maximum Gasteiger partial charge on any atom is 0.153 e. The Morgan fingerprint density at radius 1 is 1.69 bits per heavy atom. The van der Waals surface area contributed by atoms with Crippen molar-refractivity contribution in [1.29, 1.82) is 0 Å². The molecule has 2 heterocycles. The molecule has 2 N–H and O–H groups in total. The molecule has 0 radical (unpaired) electrons. The molecule has 1 saturated heterocycles. The minimum absolute atomic E-state index is 0.0291. The normalized spacial score (nSPS) is 22.6. The molecule has 90 valence electrons. The highest BCUT2D eigenvalue weighted by Crippen LogP contribution is 2.25. The minimum atomic E-state index is -0.0291. The summed E-state index contributed by atoms with van der Waals surface area (Å²) in [6.45, 7) is 0.900. The van der Waals surface area contributed by atoms with E-state index in [1.54, 1.807) is 4.68 Å². The van der Waals surface area contributed by atoms with Crippen LogP contribution in [0.5, 0.6) is 0 Å². The molecule has 2 rings (SSSR count).